The lowest BCUT2D eigenvalue weighted by Crippen LogP contribution is -2.82. The Morgan fingerprint density at radius 3 is 1.97 bits per heavy atom. The maximum Gasteiger partial charge on any atom is 0.337 e. The van der Waals surface area contributed by atoms with Gasteiger partial charge in [-0.3, -0.25) is 24.0 Å². The number of allylic oxidation sites excluding steroid dienone is 1. The average molecular weight is 998 g/mol. The lowest BCUT2D eigenvalue weighted by atomic mass is 9.44. The van der Waals surface area contributed by atoms with Crippen LogP contribution < -0.4 is 5.32 Å². The number of Topliss-reactive ketones (excluding diaryl/α,β-unsaturated/α-hetero) is 1. The Kier molecular flexibility index (Phi) is 16.4. The molecule has 2 N–H and O–H groups in total. The molecule has 1 aromatic rings. The standard InChI is InChI=1S/C52H79NO14Si2/c1-18-30(5)46(58)53-40(35-25-23-22-24-26-35)42(66-68(16,17)48(10,11)12)47(59)64-36-28-52(60)45(63-33(8)55)43-50(15,37(62-32(7)54)27-38-51(43,29-61-38)65-34(9)56)44(57)41(39(31(36)6)49(52,13)14)67-69(19-2,20-3)21-4/h18,22-26,36-38,40-43,45,60H,19-21,27-29H2,1-17H3,(H,53,58)/b30-18+/t36-,37-,38+,40-,41+,42+,43?,45?,50+,51-,52+/m0/s1. The van der Waals surface area contributed by atoms with Crippen molar-refractivity contribution in [3.63, 3.8) is 0 Å². The highest BCUT2D eigenvalue weighted by atomic mass is 28.4. The molecule has 3 fully saturated rings. The van der Waals surface area contributed by atoms with Gasteiger partial charge in [0.15, 0.2) is 34.1 Å². The van der Waals surface area contributed by atoms with E-state index in [0.717, 1.165) is 0 Å². The summed E-state index contributed by atoms with van der Waals surface area (Å²) in [5.41, 5.74) is -5.44. The summed E-state index contributed by atoms with van der Waals surface area (Å²) >= 11 is 0. The normalized spacial score (nSPS) is 31.0. The van der Waals surface area contributed by atoms with Crippen molar-refractivity contribution in [2.24, 2.45) is 16.7 Å². The number of ketones is 1. The Hall–Kier alpha value is -4.01. The second kappa shape index (κ2) is 20.2. The molecular weight excluding hydrogens is 919 g/mol. The number of fused-ring (bicyclic) bond motifs is 5. The molecule has 17 heteroatoms. The molecule has 0 aromatic heterocycles. The number of hydrogen-bond acceptors (Lipinski definition) is 14. The van der Waals surface area contributed by atoms with Gasteiger partial charge in [0.1, 0.15) is 36.1 Å². The van der Waals surface area contributed by atoms with E-state index in [1.54, 1.807) is 71.9 Å². The summed E-state index contributed by atoms with van der Waals surface area (Å²) in [5.74, 6) is -5.38. The minimum Gasteiger partial charge on any atom is -0.461 e. The van der Waals surface area contributed by atoms with Gasteiger partial charge >= 0.3 is 23.9 Å². The van der Waals surface area contributed by atoms with Gasteiger partial charge in [0.2, 0.25) is 5.91 Å². The highest BCUT2D eigenvalue weighted by Crippen LogP contribution is 2.65. The highest BCUT2D eigenvalue weighted by Gasteiger charge is 2.79. The van der Waals surface area contributed by atoms with Gasteiger partial charge in [-0.25, -0.2) is 4.79 Å². The first-order valence-corrected chi connectivity index (χ1v) is 30.0. The third-order valence-electron chi connectivity index (χ3n) is 16.8. The summed E-state index contributed by atoms with van der Waals surface area (Å²) in [4.78, 5) is 85.7. The number of carbonyl (C=O) groups is 6. The smallest absolute Gasteiger partial charge is 0.337 e. The quantitative estimate of drug-likeness (QED) is 0.0529. The van der Waals surface area contributed by atoms with Crippen LogP contribution in [-0.4, -0.2) is 112 Å². The van der Waals surface area contributed by atoms with Crippen molar-refractivity contribution in [1.82, 2.24) is 5.32 Å². The van der Waals surface area contributed by atoms with E-state index in [4.69, 9.17) is 32.5 Å². The van der Waals surface area contributed by atoms with Crippen molar-refractivity contribution in [2.75, 3.05) is 6.61 Å². The van der Waals surface area contributed by atoms with Crippen molar-refractivity contribution >= 4 is 52.2 Å². The molecule has 3 aliphatic carbocycles. The van der Waals surface area contributed by atoms with Crippen LogP contribution in [0.25, 0.3) is 0 Å². The van der Waals surface area contributed by atoms with Gasteiger partial charge in [-0.1, -0.05) is 91.8 Å². The SMILES string of the molecule is C/C=C(\C)C(=O)N[C@@H](c1ccccc1)[C@@H](O[Si](C)(C)C(C)(C)C)C(=O)O[C@H]1C[C@@]2(O)C(OC(C)=O)C3[C@](C)(C(=O)[C@H](O[Si](CC)(CC)CC)C(=C1C)C2(C)C)[C@@H](OC(C)=O)C[C@H]1OC[C@@]31OC(C)=O. The van der Waals surface area contributed by atoms with Crippen molar-refractivity contribution in [3.05, 3.63) is 58.7 Å². The fourth-order valence-electron chi connectivity index (χ4n) is 11.2. The Bertz CT molecular complexity index is 2210. The van der Waals surface area contributed by atoms with E-state index < -0.39 is 128 Å². The number of amides is 1. The fourth-order valence-corrected chi connectivity index (χ4v) is 15.2. The van der Waals surface area contributed by atoms with Crippen molar-refractivity contribution < 1.29 is 66.4 Å². The summed E-state index contributed by atoms with van der Waals surface area (Å²) < 4.78 is 45.9. The van der Waals surface area contributed by atoms with Gasteiger partial charge in [0.05, 0.1) is 24.0 Å². The Balaban J connectivity index is 1.87. The van der Waals surface area contributed by atoms with Crippen LogP contribution in [0.1, 0.15) is 128 Å². The summed E-state index contributed by atoms with van der Waals surface area (Å²) in [6, 6.07) is 9.86. The monoisotopic (exact) mass is 998 g/mol. The number of nitrogens with one attached hydrogen (secondary N) is 1. The third kappa shape index (κ3) is 9.98. The van der Waals surface area contributed by atoms with Gasteiger partial charge in [-0.05, 0) is 80.7 Å². The van der Waals surface area contributed by atoms with Gasteiger partial charge in [-0.15, -0.1) is 0 Å². The molecule has 15 nitrogen and oxygen atoms in total. The summed E-state index contributed by atoms with van der Waals surface area (Å²) in [5, 5.41) is 16.8. The molecule has 1 aliphatic heterocycles. The highest BCUT2D eigenvalue weighted by molar-refractivity contribution is 6.74. The molecule has 4 aliphatic rings. The molecule has 1 saturated heterocycles. The van der Waals surface area contributed by atoms with E-state index >= 15 is 9.59 Å². The largest absolute Gasteiger partial charge is 0.461 e. The minimum atomic E-state index is -2.87. The molecule has 69 heavy (non-hydrogen) atoms. The van der Waals surface area contributed by atoms with E-state index in [1.165, 1.54) is 20.8 Å². The zero-order chi connectivity index (χ0) is 52.0. The molecule has 2 unspecified atom stereocenters. The predicted octanol–water partition coefficient (Wildman–Crippen LogP) is 8.15. The number of benzene rings is 1. The van der Waals surface area contributed by atoms with Crippen LogP contribution in [0.2, 0.25) is 36.3 Å². The first kappa shape index (κ1) is 55.9. The van der Waals surface area contributed by atoms with Gasteiger partial charge in [0.25, 0.3) is 0 Å². The predicted molar refractivity (Wildman–Crippen MR) is 263 cm³/mol. The second-order valence-electron chi connectivity index (χ2n) is 22.0. The van der Waals surface area contributed by atoms with Crippen molar-refractivity contribution in [3.8, 4) is 0 Å². The number of esters is 4. The second-order valence-corrected chi connectivity index (χ2v) is 31.5. The molecule has 1 amide bonds. The number of aliphatic hydroxyl groups is 1. The minimum absolute atomic E-state index is 0.0502. The van der Waals surface area contributed by atoms with Gasteiger partial charge < -0.3 is 43.0 Å². The third-order valence-corrected chi connectivity index (χ3v) is 25.8. The van der Waals surface area contributed by atoms with Crippen LogP contribution in [0.15, 0.2) is 53.1 Å². The van der Waals surface area contributed by atoms with E-state index in [2.05, 4.69) is 5.32 Å². The molecular formula is C52H79NO14Si2. The summed E-state index contributed by atoms with van der Waals surface area (Å²) in [7, 11) is -5.68. The molecule has 384 valence electrons. The van der Waals surface area contributed by atoms with Crippen LogP contribution in [-0.2, 0) is 61.3 Å². The number of rotatable bonds is 16. The molecule has 2 bridgehead atoms. The van der Waals surface area contributed by atoms with Crippen LogP contribution in [0, 0.1) is 16.7 Å². The average Bonchev–Trinajstić information content (AvgIpc) is 3.26. The maximum absolute atomic E-state index is 16.5. The van der Waals surface area contributed by atoms with E-state index in [1.807, 2.05) is 60.7 Å². The summed E-state index contributed by atoms with van der Waals surface area (Å²) in [6.45, 7) is 29.9. The van der Waals surface area contributed by atoms with Crippen molar-refractivity contribution in [2.45, 2.75) is 207 Å². The topological polar surface area (TPSA) is 199 Å². The molecule has 1 heterocycles. The van der Waals surface area contributed by atoms with Gasteiger partial charge in [-0.2, -0.15) is 0 Å². The molecule has 5 rings (SSSR count). The van der Waals surface area contributed by atoms with E-state index in [0.29, 0.717) is 40.4 Å². The number of carbonyl (C=O) groups excluding carboxylic acids is 6. The molecule has 0 spiro atoms. The van der Waals surface area contributed by atoms with E-state index in [9.17, 15) is 24.3 Å². The Labute approximate surface area is 411 Å². The molecule has 11 atom stereocenters. The maximum atomic E-state index is 16.5. The lowest BCUT2D eigenvalue weighted by Gasteiger charge is -2.68. The zero-order valence-electron chi connectivity index (χ0n) is 44.1. The molecule has 1 aromatic carbocycles. The first-order valence-electron chi connectivity index (χ1n) is 24.6. The van der Waals surface area contributed by atoms with Gasteiger partial charge in [0, 0.05) is 44.6 Å². The Morgan fingerprint density at radius 2 is 1.49 bits per heavy atom. The van der Waals surface area contributed by atoms with Crippen molar-refractivity contribution in [1.29, 1.82) is 0 Å². The van der Waals surface area contributed by atoms with E-state index in [-0.39, 0.29) is 19.4 Å². The lowest BCUT2D eigenvalue weighted by molar-refractivity contribution is -0.347. The Morgan fingerprint density at radius 1 is 0.913 bits per heavy atom. The number of hydrogen-bond donors (Lipinski definition) is 2. The molecule has 0 radical (unpaired) electrons. The van der Waals surface area contributed by atoms with Crippen LogP contribution >= 0.6 is 0 Å². The number of ether oxygens (including phenoxy) is 5. The van der Waals surface area contributed by atoms with Crippen LogP contribution in [0.5, 0.6) is 0 Å². The summed E-state index contributed by atoms with van der Waals surface area (Å²) in [6.07, 6.45) is -6.70. The van der Waals surface area contributed by atoms with Crippen LogP contribution in [0.3, 0.4) is 0 Å². The molecule has 2 saturated carbocycles. The fraction of sp³-hybridized carbons (Fsp3) is 0.692. The van der Waals surface area contributed by atoms with Crippen LogP contribution in [0.4, 0.5) is 0 Å². The first-order chi connectivity index (χ1) is 31.9. The zero-order valence-corrected chi connectivity index (χ0v) is 46.1.